The first-order chi connectivity index (χ1) is 8.87. The maximum atomic E-state index is 12.6. The summed E-state index contributed by atoms with van der Waals surface area (Å²) in [5.41, 5.74) is -3.03. The molecule has 1 rings (SSSR count). The molecule has 0 radical (unpaired) electrons. The molecule has 1 aromatic carbocycles. The summed E-state index contributed by atoms with van der Waals surface area (Å²) in [4.78, 5) is 0. The molecule has 0 amide bonds. The lowest BCUT2D eigenvalue weighted by Gasteiger charge is -2.15. The van der Waals surface area contributed by atoms with Gasteiger partial charge < -0.3 is 4.18 Å². The molecule has 10 heteroatoms. The van der Waals surface area contributed by atoms with Gasteiger partial charge in [-0.25, -0.2) is 0 Å². The van der Waals surface area contributed by atoms with Gasteiger partial charge in [0.25, 0.3) is 0 Å². The van der Waals surface area contributed by atoms with E-state index in [1.165, 1.54) is 0 Å². The fourth-order valence-corrected chi connectivity index (χ4v) is 1.73. The van der Waals surface area contributed by atoms with Crippen LogP contribution >= 0.6 is 0 Å². The Hall–Kier alpha value is -1.45. The number of hydrogen-bond acceptors (Lipinski definition) is 3. The third-order valence-corrected chi connectivity index (χ3v) is 3.33. The van der Waals surface area contributed by atoms with E-state index in [-0.39, 0.29) is 18.2 Å². The van der Waals surface area contributed by atoms with Crippen molar-refractivity contribution >= 4 is 10.1 Å². The molecule has 0 aliphatic carbocycles. The molecule has 1 aromatic rings. The van der Waals surface area contributed by atoms with Crippen molar-refractivity contribution in [2.75, 3.05) is 5.75 Å². The summed E-state index contributed by atoms with van der Waals surface area (Å²) >= 11 is 0. The molecule has 0 N–H and O–H groups in total. The van der Waals surface area contributed by atoms with Crippen LogP contribution in [0.5, 0.6) is 5.75 Å². The van der Waals surface area contributed by atoms with Crippen molar-refractivity contribution in [2.45, 2.75) is 19.3 Å². The standard InChI is InChI=1S/C10H8F6O3S/c1-2-20(17,18)19-8-5-6(9(11,12)13)3-4-7(8)10(14,15)16/h3-5H,2H2,1H3. The monoisotopic (exact) mass is 322 g/mol. The number of alkyl halides is 6. The molecule has 0 saturated carbocycles. The summed E-state index contributed by atoms with van der Waals surface area (Å²) in [5, 5.41) is 0. The Morgan fingerprint density at radius 2 is 1.60 bits per heavy atom. The van der Waals surface area contributed by atoms with E-state index in [0.717, 1.165) is 6.92 Å². The van der Waals surface area contributed by atoms with Gasteiger partial charge >= 0.3 is 22.5 Å². The van der Waals surface area contributed by atoms with Gasteiger partial charge in [0.15, 0.2) is 5.75 Å². The van der Waals surface area contributed by atoms with Gasteiger partial charge in [-0.15, -0.1) is 0 Å². The van der Waals surface area contributed by atoms with Gasteiger partial charge in [-0.05, 0) is 25.1 Å². The number of halogens is 6. The summed E-state index contributed by atoms with van der Waals surface area (Å²) < 4.78 is 101. The van der Waals surface area contributed by atoms with Crippen LogP contribution in [0.15, 0.2) is 18.2 Å². The Morgan fingerprint density at radius 1 is 1.05 bits per heavy atom. The highest BCUT2D eigenvalue weighted by molar-refractivity contribution is 7.87. The highest BCUT2D eigenvalue weighted by Crippen LogP contribution is 2.40. The van der Waals surface area contributed by atoms with Crippen LogP contribution in [-0.4, -0.2) is 14.2 Å². The molecule has 0 atom stereocenters. The van der Waals surface area contributed by atoms with Crippen molar-refractivity contribution in [1.82, 2.24) is 0 Å². The van der Waals surface area contributed by atoms with Gasteiger partial charge in [0, 0.05) is 0 Å². The molecule has 3 nitrogen and oxygen atoms in total. The second kappa shape index (κ2) is 5.15. The lowest BCUT2D eigenvalue weighted by Crippen LogP contribution is -2.17. The maximum Gasteiger partial charge on any atom is 0.420 e. The lowest BCUT2D eigenvalue weighted by molar-refractivity contribution is -0.142. The predicted octanol–water partition coefficient (Wildman–Crippen LogP) is 3.45. The number of rotatable bonds is 3. The third kappa shape index (κ3) is 4.02. The van der Waals surface area contributed by atoms with Gasteiger partial charge in [0.2, 0.25) is 0 Å². The molecule has 20 heavy (non-hydrogen) atoms. The van der Waals surface area contributed by atoms with E-state index in [1.807, 2.05) is 0 Å². The molecule has 0 aromatic heterocycles. The van der Waals surface area contributed by atoms with E-state index in [4.69, 9.17) is 0 Å². The average Bonchev–Trinajstić information content (AvgIpc) is 2.25. The molecule has 0 unspecified atom stereocenters. The summed E-state index contributed by atoms with van der Waals surface area (Å²) in [7, 11) is -4.38. The highest BCUT2D eigenvalue weighted by Gasteiger charge is 2.38. The van der Waals surface area contributed by atoms with Crippen LogP contribution in [-0.2, 0) is 22.5 Å². The van der Waals surface area contributed by atoms with Gasteiger partial charge in [-0.2, -0.15) is 34.8 Å². The normalized spacial score (nSPS) is 13.3. The van der Waals surface area contributed by atoms with E-state index in [2.05, 4.69) is 4.18 Å². The highest BCUT2D eigenvalue weighted by atomic mass is 32.2. The molecule has 0 spiro atoms. The summed E-state index contributed by atoms with van der Waals surface area (Å²) in [6, 6.07) is 0.341. The van der Waals surface area contributed by atoms with Crippen LogP contribution in [0, 0.1) is 0 Å². The predicted molar refractivity (Wildman–Crippen MR) is 56.5 cm³/mol. The fraction of sp³-hybridized carbons (Fsp3) is 0.400. The van der Waals surface area contributed by atoms with Crippen LogP contribution in [0.1, 0.15) is 18.1 Å². The van der Waals surface area contributed by atoms with Gasteiger partial charge in [0.1, 0.15) is 0 Å². The van der Waals surface area contributed by atoms with E-state index in [0.29, 0.717) is 0 Å². The average molecular weight is 322 g/mol. The van der Waals surface area contributed by atoms with Crippen LogP contribution < -0.4 is 4.18 Å². The first-order valence-corrected chi connectivity index (χ1v) is 6.65. The van der Waals surface area contributed by atoms with Crippen LogP contribution in [0.4, 0.5) is 26.3 Å². The van der Waals surface area contributed by atoms with Crippen molar-refractivity contribution < 1.29 is 38.9 Å². The van der Waals surface area contributed by atoms with Crippen molar-refractivity contribution in [2.24, 2.45) is 0 Å². The smallest absolute Gasteiger partial charge is 0.382 e. The first kappa shape index (κ1) is 16.6. The third-order valence-electron chi connectivity index (χ3n) is 2.18. The van der Waals surface area contributed by atoms with Gasteiger partial charge in [-0.1, -0.05) is 0 Å². The van der Waals surface area contributed by atoms with Crippen LogP contribution in [0.2, 0.25) is 0 Å². The van der Waals surface area contributed by atoms with E-state index >= 15 is 0 Å². The minimum absolute atomic E-state index is 0.00995. The molecular formula is C10H8F6O3S. The molecular weight excluding hydrogens is 314 g/mol. The Morgan fingerprint density at radius 3 is 2.00 bits per heavy atom. The minimum Gasteiger partial charge on any atom is -0.382 e. The van der Waals surface area contributed by atoms with Crippen molar-refractivity contribution in [1.29, 1.82) is 0 Å². The largest absolute Gasteiger partial charge is 0.420 e. The zero-order valence-electron chi connectivity index (χ0n) is 9.84. The van der Waals surface area contributed by atoms with Crippen molar-refractivity contribution in [3.63, 3.8) is 0 Å². The zero-order chi connectivity index (χ0) is 15.8. The Labute approximate surface area is 110 Å². The fourth-order valence-electron chi connectivity index (χ4n) is 1.20. The Kier molecular flexibility index (Phi) is 4.28. The molecule has 0 saturated heterocycles. The SMILES string of the molecule is CCS(=O)(=O)Oc1cc(C(F)(F)F)ccc1C(F)(F)F. The number of hydrogen-bond donors (Lipinski definition) is 0. The van der Waals surface area contributed by atoms with Crippen LogP contribution in [0.25, 0.3) is 0 Å². The summed E-state index contributed by atoms with van der Waals surface area (Å²) in [6.07, 6.45) is -9.96. The molecule has 0 aliphatic heterocycles. The van der Waals surface area contributed by atoms with Crippen LogP contribution in [0.3, 0.4) is 0 Å². The van der Waals surface area contributed by atoms with E-state index in [9.17, 15) is 34.8 Å². The first-order valence-electron chi connectivity index (χ1n) is 5.07. The Bertz CT molecular complexity index is 588. The topological polar surface area (TPSA) is 43.4 Å². The number of benzene rings is 1. The minimum atomic E-state index is -5.04. The molecule has 0 heterocycles. The van der Waals surface area contributed by atoms with E-state index in [1.54, 1.807) is 0 Å². The summed E-state index contributed by atoms with van der Waals surface area (Å²) in [6.45, 7) is 1.08. The second-order valence-electron chi connectivity index (χ2n) is 3.64. The van der Waals surface area contributed by atoms with Crippen molar-refractivity contribution in [3.05, 3.63) is 29.3 Å². The molecule has 0 aliphatic rings. The van der Waals surface area contributed by atoms with Gasteiger partial charge in [0.05, 0.1) is 16.9 Å². The van der Waals surface area contributed by atoms with Crippen molar-refractivity contribution in [3.8, 4) is 5.75 Å². The zero-order valence-corrected chi connectivity index (χ0v) is 10.7. The molecule has 0 bridgehead atoms. The van der Waals surface area contributed by atoms with Gasteiger partial charge in [-0.3, -0.25) is 0 Å². The molecule has 114 valence electrons. The summed E-state index contributed by atoms with van der Waals surface area (Å²) in [5.74, 6) is -2.07. The quantitative estimate of drug-likeness (QED) is 0.632. The molecule has 0 fully saturated rings. The van der Waals surface area contributed by atoms with E-state index < -0.39 is 45.1 Å². The Balaban J connectivity index is 3.42. The lowest BCUT2D eigenvalue weighted by atomic mass is 10.1. The maximum absolute atomic E-state index is 12.6. The second-order valence-corrected chi connectivity index (χ2v) is 5.50.